The van der Waals surface area contributed by atoms with E-state index in [4.69, 9.17) is 0 Å². The molecule has 0 aliphatic carbocycles. The Morgan fingerprint density at radius 2 is 2.00 bits per heavy atom. The number of hydrogen-bond donors (Lipinski definition) is 2. The van der Waals surface area contributed by atoms with Gasteiger partial charge < -0.3 is 20.4 Å². The molecular weight excluding hydrogens is 380 g/mol. The van der Waals surface area contributed by atoms with E-state index < -0.39 is 0 Å². The number of hydrogen-bond acceptors (Lipinski definition) is 4. The van der Waals surface area contributed by atoms with Crippen LogP contribution in [0, 0.1) is 0 Å². The van der Waals surface area contributed by atoms with Crippen molar-refractivity contribution in [1.29, 1.82) is 0 Å². The monoisotopic (exact) mass is 408 g/mol. The average Bonchev–Trinajstić information content (AvgIpc) is 2.68. The second-order valence-electron chi connectivity index (χ2n) is 7.27. The summed E-state index contributed by atoms with van der Waals surface area (Å²) in [7, 11) is 0. The lowest BCUT2D eigenvalue weighted by atomic mass is 10.00. The van der Waals surface area contributed by atoms with Crippen molar-refractivity contribution in [3.8, 4) is 0 Å². The smallest absolute Gasteiger partial charge is 0.236 e. The summed E-state index contributed by atoms with van der Waals surface area (Å²) in [5.74, 6) is -0.0227. The first-order chi connectivity index (χ1) is 13.0. The fourth-order valence-corrected chi connectivity index (χ4v) is 3.93. The zero-order valence-corrected chi connectivity index (χ0v) is 17.0. The third kappa shape index (κ3) is 5.69. The molecule has 2 heterocycles. The highest BCUT2D eigenvalue weighted by Crippen LogP contribution is 2.22. The number of carbonyl (C=O) groups is 3. The molecule has 7 nitrogen and oxygen atoms in total. The number of amides is 3. The van der Waals surface area contributed by atoms with Crippen molar-refractivity contribution in [1.82, 2.24) is 20.4 Å². The minimum absolute atomic E-state index is 0. The molecule has 0 spiro atoms. The Bertz CT molecular complexity index is 685. The van der Waals surface area contributed by atoms with E-state index in [0.717, 1.165) is 24.9 Å². The summed E-state index contributed by atoms with van der Waals surface area (Å²) in [6, 6.07) is 9.32. The number of rotatable bonds is 5. The predicted molar refractivity (Wildman–Crippen MR) is 109 cm³/mol. The molecule has 2 N–H and O–H groups in total. The van der Waals surface area contributed by atoms with Crippen LogP contribution in [0.5, 0.6) is 0 Å². The number of piperidine rings is 1. The maximum Gasteiger partial charge on any atom is 0.236 e. The number of piperazine rings is 1. The Kier molecular flexibility index (Phi) is 8.26. The van der Waals surface area contributed by atoms with Gasteiger partial charge in [-0.25, -0.2) is 0 Å². The van der Waals surface area contributed by atoms with Crippen LogP contribution in [-0.4, -0.2) is 66.3 Å². The Morgan fingerprint density at radius 1 is 1.25 bits per heavy atom. The highest BCUT2D eigenvalue weighted by molar-refractivity contribution is 5.85. The van der Waals surface area contributed by atoms with Crippen LogP contribution in [0.15, 0.2) is 30.3 Å². The number of likely N-dealkylation sites (tertiary alicyclic amines) is 1. The van der Waals surface area contributed by atoms with Crippen molar-refractivity contribution >= 4 is 30.1 Å². The van der Waals surface area contributed by atoms with E-state index in [1.165, 1.54) is 6.92 Å². The van der Waals surface area contributed by atoms with Gasteiger partial charge in [-0.1, -0.05) is 30.3 Å². The average molecular weight is 409 g/mol. The van der Waals surface area contributed by atoms with E-state index in [1.807, 2.05) is 40.1 Å². The fourth-order valence-electron chi connectivity index (χ4n) is 3.93. The first-order valence-electron chi connectivity index (χ1n) is 9.64. The summed E-state index contributed by atoms with van der Waals surface area (Å²) in [4.78, 5) is 40.5. The first kappa shape index (κ1) is 22.2. The van der Waals surface area contributed by atoms with E-state index >= 15 is 0 Å². The lowest BCUT2D eigenvalue weighted by Gasteiger charge is -2.41. The van der Waals surface area contributed by atoms with Crippen LogP contribution < -0.4 is 10.6 Å². The summed E-state index contributed by atoms with van der Waals surface area (Å²) < 4.78 is 0. The Hall–Kier alpha value is -2.12. The summed E-state index contributed by atoms with van der Waals surface area (Å²) in [6.07, 6.45) is 2.05. The van der Waals surface area contributed by atoms with Crippen molar-refractivity contribution in [3.05, 3.63) is 35.9 Å². The molecule has 0 saturated carbocycles. The zero-order valence-electron chi connectivity index (χ0n) is 16.2. The SMILES string of the molecule is CC(=O)NC(CC(=O)N1CCCC(N2CCNCC2=O)C1)c1ccccc1.Cl. The molecule has 0 aromatic heterocycles. The van der Waals surface area contributed by atoms with Gasteiger partial charge >= 0.3 is 0 Å². The fraction of sp³-hybridized carbons (Fsp3) is 0.550. The molecule has 2 aliphatic heterocycles. The van der Waals surface area contributed by atoms with Gasteiger partial charge in [0, 0.05) is 39.1 Å². The van der Waals surface area contributed by atoms with E-state index in [9.17, 15) is 14.4 Å². The molecule has 154 valence electrons. The van der Waals surface area contributed by atoms with Crippen molar-refractivity contribution < 1.29 is 14.4 Å². The van der Waals surface area contributed by atoms with Gasteiger partial charge in [0.2, 0.25) is 17.7 Å². The van der Waals surface area contributed by atoms with Crippen molar-refractivity contribution in [2.75, 3.05) is 32.7 Å². The van der Waals surface area contributed by atoms with Gasteiger partial charge in [0.05, 0.1) is 19.0 Å². The van der Waals surface area contributed by atoms with E-state index in [-0.39, 0.29) is 48.6 Å². The van der Waals surface area contributed by atoms with Gasteiger partial charge in [0.1, 0.15) is 0 Å². The molecule has 2 aliphatic rings. The molecule has 0 radical (unpaired) electrons. The van der Waals surface area contributed by atoms with Gasteiger partial charge in [0.15, 0.2) is 0 Å². The number of carbonyl (C=O) groups excluding carboxylic acids is 3. The molecule has 8 heteroatoms. The van der Waals surface area contributed by atoms with Crippen LogP contribution in [0.2, 0.25) is 0 Å². The van der Waals surface area contributed by atoms with Crippen LogP contribution in [0.3, 0.4) is 0 Å². The number of halogens is 1. The van der Waals surface area contributed by atoms with Crippen LogP contribution in [0.25, 0.3) is 0 Å². The van der Waals surface area contributed by atoms with Crippen LogP contribution in [0.1, 0.15) is 37.8 Å². The predicted octanol–water partition coefficient (Wildman–Crippen LogP) is 1.10. The Labute approximate surface area is 172 Å². The Balaban J connectivity index is 0.00000280. The lowest BCUT2D eigenvalue weighted by molar-refractivity contribution is -0.140. The highest BCUT2D eigenvalue weighted by Gasteiger charge is 2.32. The quantitative estimate of drug-likeness (QED) is 0.764. The molecule has 28 heavy (non-hydrogen) atoms. The molecule has 0 bridgehead atoms. The normalized spacial score (nSPS) is 20.9. The van der Waals surface area contributed by atoms with Gasteiger partial charge in [0.25, 0.3) is 0 Å². The third-order valence-electron chi connectivity index (χ3n) is 5.27. The van der Waals surface area contributed by atoms with E-state index in [2.05, 4.69) is 10.6 Å². The molecular formula is C20H29ClN4O3. The van der Waals surface area contributed by atoms with Crippen LogP contribution in [-0.2, 0) is 14.4 Å². The van der Waals surface area contributed by atoms with Gasteiger partial charge in [-0.15, -0.1) is 12.4 Å². The van der Waals surface area contributed by atoms with Gasteiger partial charge in [-0.2, -0.15) is 0 Å². The van der Waals surface area contributed by atoms with E-state index in [1.54, 1.807) is 0 Å². The minimum atomic E-state index is -0.336. The van der Waals surface area contributed by atoms with Crippen LogP contribution >= 0.6 is 12.4 Å². The molecule has 2 unspecified atom stereocenters. The van der Waals surface area contributed by atoms with E-state index in [0.29, 0.717) is 26.2 Å². The van der Waals surface area contributed by atoms with Crippen LogP contribution in [0.4, 0.5) is 0 Å². The maximum atomic E-state index is 12.9. The third-order valence-corrected chi connectivity index (χ3v) is 5.27. The topological polar surface area (TPSA) is 81.8 Å². The Morgan fingerprint density at radius 3 is 2.68 bits per heavy atom. The van der Waals surface area contributed by atoms with Crippen molar-refractivity contribution in [3.63, 3.8) is 0 Å². The molecule has 2 fully saturated rings. The summed E-state index contributed by atoms with van der Waals surface area (Å²) >= 11 is 0. The molecule has 1 aromatic rings. The second kappa shape index (κ2) is 10.4. The molecule has 1 aromatic carbocycles. The van der Waals surface area contributed by atoms with Gasteiger partial charge in [-0.05, 0) is 18.4 Å². The second-order valence-corrected chi connectivity index (χ2v) is 7.27. The number of nitrogens with zero attached hydrogens (tertiary/aromatic N) is 2. The molecule has 2 saturated heterocycles. The van der Waals surface area contributed by atoms with Crippen molar-refractivity contribution in [2.45, 2.75) is 38.3 Å². The maximum absolute atomic E-state index is 12.9. The summed E-state index contributed by atoms with van der Waals surface area (Å²) in [6.45, 7) is 4.62. The standard InChI is InChI=1S/C20H28N4O3.ClH/c1-15(25)22-18(16-6-3-2-4-7-16)12-19(26)23-10-5-8-17(14-23)24-11-9-21-13-20(24)27;/h2-4,6-7,17-18,21H,5,8-14H2,1H3,(H,22,25);1H. The minimum Gasteiger partial charge on any atom is -0.349 e. The first-order valence-corrected chi connectivity index (χ1v) is 9.64. The van der Waals surface area contributed by atoms with Crippen molar-refractivity contribution in [2.24, 2.45) is 0 Å². The van der Waals surface area contributed by atoms with Gasteiger partial charge in [-0.3, -0.25) is 14.4 Å². The summed E-state index contributed by atoms with van der Waals surface area (Å²) in [5.41, 5.74) is 0.923. The summed E-state index contributed by atoms with van der Waals surface area (Å²) in [5, 5.41) is 5.98. The lowest BCUT2D eigenvalue weighted by Crippen LogP contribution is -2.57. The molecule has 3 amide bonds. The largest absolute Gasteiger partial charge is 0.349 e. The zero-order chi connectivity index (χ0) is 19.2. The highest BCUT2D eigenvalue weighted by atomic mass is 35.5. The number of benzene rings is 1. The molecule has 2 atom stereocenters. The molecule has 3 rings (SSSR count). The number of nitrogens with one attached hydrogen (secondary N) is 2.